The van der Waals surface area contributed by atoms with E-state index in [1.807, 2.05) is 0 Å². The molecular formula is C7H11N3O3. The van der Waals surface area contributed by atoms with Crippen LogP contribution in [0.25, 0.3) is 0 Å². The fourth-order valence-electron chi connectivity index (χ4n) is 0.861. The van der Waals surface area contributed by atoms with Crippen LogP contribution in [0.5, 0.6) is 0 Å². The number of carbonyl (C=O) groups excluding carboxylic acids is 1. The molecule has 6 nitrogen and oxygen atoms in total. The first-order valence-corrected chi connectivity index (χ1v) is 3.72. The minimum atomic E-state index is -0.941. The van der Waals surface area contributed by atoms with Crippen LogP contribution in [0.4, 0.5) is 4.79 Å². The molecule has 0 fully saturated rings. The number of hydroxylamine groups is 2. The van der Waals surface area contributed by atoms with E-state index in [2.05, 4.69) is 4.98 Å². The number of aryl methyl sites for hydroxylation is 1. The first-order chi connectivity index (χ1) is 6.02. The van der Waals surface area contributed by atoms with Gasteiger partial charge in [0.05, 0.1) is 6.20 Å². The highest BCUT2D eigenvalue weighted by atomic mass is 16.5. The molecule has 1 unspecified atom stereocenters. The fraction of sp³-hybridized carbons (Fsp3) is 0.429. The van der Waals surface area contributed by atoms with Crippen LogP contribution in [-0.2, 0) is 0 Å². The average Bonchev–Trinajstić information content (AvgIpc) is 2.49. The Morgan fingerprint density at radius 1 is 1.85 bits per heavy atom. The van der Waals surface area contributed by atoms with E-state index in [9.17, 15) is 4.79 Å². The van der Waals surface area contributed by atoms with E-state index in [1.165, 1.54) is 6.20 Å². The Bertz CT molecular complexity index is 310. The molecule has 0 bridgehead atoms. The lowest BCUT2D eigenvalue weighted by Crippen LogP contribution is -2.34. The molecule has 0 radical (unpaired) electrons. The third-order valence-electron chi connectivity index (χ3n) is 1.59. The highest BCUT2D eigenvalue weighted by Crippen LogP contribution is 2.17. The van der Waals surface area contributed by atoms with Crippen molar-refractivity contribution in [2.24, 2.45) is 5.73 Å². The molecule has 0 aliphatic rings. The Morgan fingerprint density at radius 2 is 2.46 bits per heavy atom. The Morgan fingerprint density at radius 3 is 2.85 bits per heavy atom. The molecule has 0 spiro atoms. The van der Waals surface area contributed by atoms with Crippen molar-refractivity contribution in [3.63, 3.8) is 0 Å². The maximum absolute atomic E-state index is 10.5. The first-order valence-electron chi connectivity index (χ1n) is 3.72. The van der Waals surface area contributed by atoms with Crippen LogP contribution in [0.2, 0.25) is 0 Å². The number of hydrogen-bond donors (Lipinski definition) is 2. The van der Waals surface area contributed by atoms with Gasteiger partial charge < -0.3 is 10.2 Å². The Hall–Kier alpha value is -1.56. The number of primary amides is 1. The monoisotopic (exact) mass is 185 g/mol. The van der Waals surface area contributed by atoms with Gasteiger partial charge in [0.2, 0.25) is 5.89 Å². The molecule has 3 N–H and O–H groups in total. The Labute approximate surface area is 74.9 Å². The molecule has 1 rings (SSSR count). The third-order valence-corrected chi connectivity index (χ3v) is 1.59. The van der Waals surface area contributed by atoms with E-state index in [4.69, 9.17) is 15.4 Å². The van der Waals surface area contributed by atoms with Crippen LogP contribution in [-0.4, -0.2) is 21.3 Å². The van der Waals surface area contributed by atoms with Crippen LogP contribution in [0.15, 0.2) is 10.6 Å². The fourth-order valence-corrected chi connectivity index (χ4v) is 0.861. The summed E-state index contributed by atoms with van der Waals surface area (Å²) in [5.41, 5.74) is 4.85. The van der Waals surface area contributed by atoms with E-state index < -0.39 is 12.1 Å². The number of aromatic nitrogens is 1. The van der Waals surface area contributed by atoms with Gasteiger partial charge in [0.25, 0.3) is 0 Å². The molecule has 1 heterocycles. The van der Waals surface area contributed by atoms with Crippen molar-refractivity contribution in [3.8, 4) is 0 Å². The second-order valence-electron chi connectivity index (χ2n) is 2.67. The lowest BCUT2D eigenvalue weighted by molar-refractivity contribution is -0.0777. The van der Waals surface area contributed by atoms with Gasteiger partial charge in [-0.1, -0.05) is 0 Å². The molecule has 2 amide bonds. The molecule has 1 atom stereocenters. The predicted octanol–water partition coefficient (Wildman–Crippen LogP) is 0.814. The van der Waals surface area contributed by atoms with E-state index in [-0.39, 0.29) is 5.89 Å². The van der Waals surface area contributed by atoms with Crippen molar-refractivity contribution in [1.29, 1.82) is 0 Å². The predicted molar refractivity (Wildman–Crippen MR) is 42.9 cm³/mol. The van der Waals surface area contributed by atoms with Crippen molar-refractivity contribution in [1.82, 2.24) is 10.0 Å². The summed E-state index contributed by atoms with van der Waals surface area (Å²) >= 11 is 0. The van der Waals surface area contributed by atoms with Gasteiger partial charge in [-0.25, -0.2) is 9.78 Å². The lowest BCUT2D eigenvalue weighted by Gasteiger charge is -2.16. The second-order valence-corrected chi connectivity index (χ2v) is 2.67. The maximum atomic E-state index is 10.5. The number of hydrogen-bond acceptors (Lipinski definition) is 4. The van der Waals surface area contributed by atoms with Gasteiger partial charge in [-0.3, -0.25) is 5.21 Å². The van der Waals surface area contributed by atoms with E-state index in [0.29, 0.717) is 10.8 Å². The summed E-state index contributed by atoms with van der Waals surface area (Å²) in [6.45, 7) is 3.27. The summed E-state index contributed by atoms with van der Waals surface area (Å²) in [5.74, 6) is 0.860. The van der Waals surface area contributed by atoms with Crippen LogP contribution < -0.4 is 5.73 Å². The normalized spacial score (nSPS) is 12.5. The van der Waals surface area contributed by atoms with Crippen LogP contribution >= 0.6 is 0 Å². The summed E-state index contributed by atoms with van der Waals surface area (Å²) in [6.07, 6.45) is 1.50. The van der Waals surface area contributed by atoms with Crippen LogP contribution in [0, 0.1) is 6.92 Å². The topological polar surface area (TPSA) is 92.6 Å². The minimum Gasteiger partial charge on any atom is -0.444 e. The molecule has 6 heteroatoms. The van der Waals surface area contributed by atoms with Gasteiger partial charge >= 0.3 is 6.03 Å². The number of carbonyl (C=O) groups is 1. The molecule has 0 saturated heterocycles. The van der Waals surface area contributed by atoms with E-state index in [1.54, 1.807) is 13.8 Å². The summed E-state index contributed by atoms with van der Waals surface area (Å²) in [6, 6.07) is -1.62. The van der Waals surface area contributed by atoms with Gasteiger partial charge in [0, 0.05) is 0 Å². The number of amides is 2. The Balaban J connectivity index is 2.78. The van der Waals surface area contributed by atoms with E-state index >= 15 is 0 Å². The van der Waals surface area contributed by atoms with E-state index in [0.717, 1.165) is 0 Å². The number of oxazole rings is 1. The van der Waals surface area contributed by atoms with Gasteiger partial charge in [-0.2, -0.15) is 5.06 Å². The summed E-state index contributed by atoms with van der Waals surface area (Å²) in [5, 5.41) is 9.48. The van der Waals surface area contributed by atoms with Crippen LogP contribution in [0.1, 0.15) is 24.6 Å². The first kappa shape index (κ1) is 9.53. The van der Waals surface area contributed by atoms with Crippen molar-refractivity contribution in [3.05, 3.63) is 17.8 Å². The number of urea groups is 1. The lowest BCUT2D eigenvalue weighted by atomic mass is 10.3. The van der Waals surface area contributed by atoms with Crippen molar-refractivity contribution < 1.29 is 14.4 Å². The number of nitrogens with two attached hydrogens (primary N) is 1. The summed E-state index contributed by atoms with van der Waals surface area (Å²) in [7, 11) is 0. The second kappa shape index (κ2) is 3.44. The molecule has 1 aromatic rings. The summed E-state index contributed by atoms with van der Waals surface area (Å²) in [4.78, 5) is 14.4. The molecule has 0 aromatic carbocycles. The van der Waals surface area contributed by atoms with Crippen molar-refractivity contribution >= 4 is 6.03 Å². The van der Waals surface area contributed by atoms with Gasteiger partial charge in [0.15, 0.2) is 0 Å². The summed E-state index contributed by atoms with van der Waals surface area (Å²) < 4.78 is 5.10. The molecule has 0 aliphatic carbocycles. The molecule has 0 saturated carbocycles. The van der Waals surface area contributed by atoms with Crippen molar-refractivity contribution in [2.45, 2.75) is 19.9 Å². The standard InChI is InChI=1S/C7H11N3O3/c1-4-3-9-6(13-4)5(2)10(12)7(8)11/h3,5,12H,1-2H3,(H2,8,11). The highest BCUT2D eigenvalue weighted by molar-refractivity contribution is 5.70. The smallest absolute Gasteiger partial charge is 0.339 e. The molecular weight excluding hydrogens is 174 g/mol. The largest absolute Gasteiger partial charge is 0.444 e. The van der Waals surface area contributed by atoms with Gasteiger partial charge in [-0.05, 0) is 13.8 Å². The molecule has 72 valence electrons. The average molecular weight is 185 g/mol. The van der Waals surface area contributed by atoms with Gasteiger partial charge in [0.1, 0.15) is 11.8 Å². The van der Waals surface area contributed by atoms with Gasteiger partial charge in [-0.15, -0.1) is 0 Å². The highest BCUT2D eigenvalue weighted by Gasteiger charge is 2.21. The maximum Gasteiger partial charge on any atom is 0.339 e. The minimum absolute atomic E-state index is 0.249. The zero-order chi connectivity index (χ0) is 10.0. The zero-order valence-corrected chi connectivity index (χ0v) is 7.39. The Kier molecular flexibility index (Phi) is 2.52. The number of rotatable bonds is 2. The quantitative estimate of drug-likeness (QED) is 0.526. The van der Waals surface area contributed by atoms with Crippen LogP contribution in [0.3, 0.4) is 0 Å². The SMILES string of the molecule is Cc1cnc(C(C)N(O)C(N)=O)o1. The van der Waals surface area contributed by atoms with Crippen molar-refractivity contribution in [2.75, 3.05) is 0 Å². The number of nitrogens with zero attached hydrogens (tertiary/aromatic N) is 2. The third kappa shape index (κ3) is 1.97. The molecule has 0 aliphatic heterocycles. The zero-order valence-electron chi connectivity index (χ0n) is 7.39. The molecule has 1 aromatic heterocycles. The molecule has 13 heavy (non-hydrogen) atoms.